The predicted octanol–water partition coefficient (Wildman–Crippen LogP) is 13.6. The molecule has 0 atom stereocenters. The molecule has 48 heavy (non-hydrogen) atoms. The SMILES string of the molecule is c1ccc(-c2cc3cccc4c(-c5cc6cccc7c(-c8ccc9ccccc9c8)cc8cccc5c8c67)cc5cccc2c5c34)cc1. The average molecular weight is 605 g/mol. The highest BCUT2D eigenvalue weighted by molar-refractivity contribution is 6.33. The summed E-state index contributed by atoms with van der Waals surface area (Å²) in [6.45, 7) is 0. The molecule has 0 unspecified atom stereocenters. The summed E-state index contributed by atoms with van der Waals surface area (Å²) < 4.78 is 0. The highest BCUT2D eigenvalue weighted by Crippen LogP contribution is 2.48. The zero-order valence-electron chi connectivity index (χ0n) is 26.2. The molecule has 0 saturated carbocycles. The summed E-state index contributed by atoms with van der Waals surface area (Å²) in [5.41, 5.74) is 7.68. The maximum atomic E-state index is 2.45. The van der Waals surface area contributed by atoms with Gasteiger partial charge in [0.2, 0.25) is 0 Å². The summed E-state index contributed by atoms with van der Waals surface area (Å²) in [5.74, 6) is 0. The molecule has 0 aromatic heterocycles. The molecule has 0 radical (unpaired) electrons. The van der Waals surface area contributed by atoms with Gasteiger partial charge in [0.1, 0.15) is 0 Å². The minimum atomic E-state index is 1.26. The van der Waals surface area contributed by atoms with Crippen LogP contribution in [0.3, 0.4) is 0 Å². The minimum absolute atomic E-state index is 1.26. The van der Waals surface area contributed by atoms with Gasteiger partial charge in [-0.3, -0.25) is 0 Å². The molecule has 0 N–H and O–H groups in total. The van der Waals surface area contributed by atoms with Crippen LogP contribution in [0.15, 0.2) is 170 Å². The van der Waals surface area contributed by atoms with Crippen LogP contribution in [0.25, 0.3) is 109 Å². The fourth-order valence-electron chi connectivity index (χ4n) is 8.61. The molecule has 11 aromatic rings. The molecule has 0 spiro atoms. The Hall–Kier alpha value is -6.24. The van der Waals surface area contributed by atoms with Crippen molar-refractivity contribution in [3.05, 3.63) is 170 Å². The smallest absolute Gasteiger partial charge is 0.00201 e. The summed E-state index contributed by atoms with van der Waals surface area (Å²) in [6.07, 6.45) is 0. The van der Waals surface area contributed by atoms with Gasteiger partial charge in [0.25, 0.3) is 0 Å². The summed E-state index contributed by atoms with van der Waals surface area (Å²) in [5, 5.41) is 18.3. The number of rotatable bonds is 3. The molecule has 0 heterocycles. The van der Waals surface area contributed by atoms with Gasteiger partial charge < -0.3 is 0 Å². The van der Waals surface area contributed by atoms with Crippen molar-refractivity contribution in [2.24, 2.45) is 0 Å². The predicted molar refractivity (Wildman–Crippen MR) is 208 cm³/mol. The summed E-state index contributed by atoms with van der Waals surface area (Å²) in [4.78, 5) is 0. The van der Waals surface area contributed by atoms with E-state index in [1.807, 2.05) is 0 Å². The van der Waals surface area contributed by atoms with E-state index in [0.29, 0.717) is 0 Å². The molecule has 0 aliphatic rings. The van der Waals surface area contributed by atoms with Crippen LogP contribution in [-0.4, -0.2) is 0 Å². The van der Waals surface area contributed by atoms with Gasteiger partial charge in [-0.2, -0.15) is 0 Å². The maximum Gasteiger partial charge on any atom is -0.00201 e. The Morgan fingerprint density at radius 1 is 0.208 bits per heavy atom. The van der Waals surface area contributed by atoms with Gasteiger partial charge in [0.15, 0.2) is 0 Å². The summed E-state index contributed by atoms with van der Waals surface area (Å²) in [7, 11) is 0. The van der Waals surface area contributed by atoms with Crippen molar-refractivity contribution in [2.75, 3.05) is 0 Å². The molecule has 0 heteroatoms. The molecule has 220 valence electrons. The van der Waals surface area contributed by atoms with Crippen LogP contribution < -0.4 is 0 Å². The van der Waals surface area contributed by atoms with Crippen molar-refractivity contribution < 1.29 is 0 Å². The fraction of sp³-hybridized carbons (Fsp3) is 0. The largest absolute Gasteiger partial charge is 0.0622 e. The van der Waals surface area contributed by atoms with Crippen molar-refractivity contribution in [3.63, 3.8) is 0 Å². The third-order valence-electron chi connectivity index (χ3n) is 10.7. The lowest BCUT2D eigenvalue weighted by Crippen LogP contribution is -1.93. The van der Waals surface area contributed by atoms with Crippen molar-refractivity contribution in [2.45, 2.75) is 0 Å². The van der Waals surface area contributed by atoms with E-state index in [0.717, 1.165) is 0 Å². The second-order valence-electron chi connectivity index (χ2n) is 13.2. The first-order chi connectivity index (χ1) is 23.8. The van der Waals surface area contributed by atoms with Gasteiger partial charge in [-0.1, -0.05) is 140 Å². The molecule has 11 aromatic carbocycles. The van der Waals surface area contributed by atoms with Crippen LogP contribution in [0.1, 0.15) is 0 Å². The molecule has 0 aliphatic carbocycles. The molecule has 0 amide bonds. The first-order valence-corrected chi connectivity index (χ1v) is 16.8. The zero-order chi connectivity index (χ0) is 31.3. The topological polar surface area (TPSA) is 0 Å². The highest BCUT2D eigenvalue weighted by Gasteiger charge is 2.20. The molecule has 0 saturated heterocycles. The quantitative estimate of drug-likeness (QED) is 0.176. The average Bonchev–Trinajstić information content (AvgIpc) is 3.15. The van der Waals surface area contributed by atoms with Gasteiger partial charge in [-0.25, -0.2) is 0 Å². The number of hydrogen-bond acceptors (Lipinski definition) is 0. The normalized spacial score (nSPS) is 12.2. The van der Waals surface area contributed by atoms with E-state index in [9.17, 15) is 0 Å². The first-order valence-electron chi connectivity index (χ1n) is 16.8. The van der Waals surface area contributed by atoms with E-state index in [1.165, 1.54) is 109 Å². The zero-order valence-corrected chi connectivity index (χ0v) is 26.2. The van der Waals surface area contributed by atoms with Crippen LogP contribution in [0, 0.1) is 0 Å². The molecule has 0 bridgehead atoms. The van der Waals surface area contributed by atoms with E-state index < -0.39 is 0 Å². The van der Waals surface area contributed by atoms with Crippen molar-refractivity contribution in [1.82, 2.24) is 0 Å². The van der Waals surface area contributed by atoms with Crippen LogP contribution in [0.4, 0.5) is 0 Å². The van der Waals surface area contributed by atoms with Crippen molar-refractivity contribution >= 4 is 75.4 Å². The molecule has 11 rings (SSSR count). The second-order valence-corrected chi connectivity index (χ2v) is 13.2. The van der Waals surface area contributed by atoms with Crippen LogP contribution in [0.2, 0.25) is 0 Å². The van der Waals surface area contributed by atoms with Crippen LogP contribution in [-0.2, 0) is 0 Å². The van der Waals surface area contributed by atoms with Gasteiger partial charge in [-0.05, 0) is 139 Å². The standard InChI is InChI=1S/C48H28/c1-2-11-30(12-3-1)41-25-33-14-8-20-39-43(27-35-16-6-18-37(41)45(35)47(33)39)44-28-36-17-7-19-38-42(26-34-15-9-21-40(44)48(34)46(36)38)32-23-22-29-10-4-5-13-31(29)24-32/h1-28H. The van der Waals surface area contributed by atoms with E-state index in [-0.39, 0.29) is 0 Å². The van der Waals surface area contributed by atoms with Gasteiger partial charge >= 0.3 is 0 Å². The molecular weight excluding hydrogens is 577 g/mol. The summed E-state index contributed by atoms with van der Waals surface area (Å²) >= 11 is 0. The number of fused-ring (bicyclic) bond motifs is 1. The lowest BCUT2D eigenvalue weighted by Gasteiger charge is -2.21. The van der Waals surface area contributed by atoms with Gasteiger partial charge in [0, 0.05) is 0 Å². The molecule has 0 fully saturated rings. The Balaban J connectivity index is 1.22. The van der Waals surface area contributed by atoms with Crippen molar-refractivity contribution in [1.29, 1.82) is 0 Å². The second kappa shape index (κ2) is 9.64. The first kappa shape index (κ1) is 25.9. The van der Waals surface area contributed by atoms with E-state index >= 15 is 0 Å². The fourth-order valence-corrected chi connectivity index (χ4v) is 8.61. The van der Waals surface area contributed by atoms with Gasteiger partial charge in [0.05, 0.1) is 0 Å². The van der Waals surface area contributed by atoms with Crippen LogP contribution in [0.5, 0.6) is 0 Å². The molecule has 0 aliphatic heterocycles. The molecule has 0 nitrogen and oxygen atoms in total. The Labute approximate surface area is 277 Å². The Morgan fingerprint density at radius 2 is 0.604 bits per heavy atom. The Bertz CT molecular complexity index is 3040. The Kier molecular flexibility index (Phi) is 5.20. The van der Waals surface area contributed by atoms with Crippen LogP contribution >= 0.6 is 0 Å². The lowest BCUT2D eigenvalue weighted by molar-refractivity contribution is 1.67. The lowest BCUT2D eigenvalue weighted by atomic mass is 9.82. The number of hydrogen-bond donors (Lipinski definition) is 0. The molecular formula is C48H28. The third kappa shape index (κ3) is 3.55. The van der Waals surface area contributed by atoms with E-state index in [1.54, 1.807) is 0 Å². The maximum absolute atomic E-state index is 2.45. The summed E-state index contributed by atoms with van der Waals surface area (Å²) in [6, 6.07) is 63.3. The van der Waals surface area contributed by atoms with E-state index in [4.69, 9.17) is 0 Å². The highest BCUT2D eigenvalue weighted by atomic mass is 14.2. The van der Waals surface area contributed by atoms with Gasteiger partial charge in [-0.15, -0.1) is 0 Å². The van der Waals surface area contributed by atoms with Crippen molar-refractivity contribution in [3.8, 4) is 33.4 Å². The monoisotopic (exact) mass is 604 g/mol. The van der Waals surface area contributed by atoms with E-state index in [2.05, 4.69) is 170 Å². The number of benzene rings is 11. The third-order valence-corrected chi connectivity index (χ3v) is 10.7. The minimum Gasteiger partial charge on any atom is -0.0622 e. The Morgan fingerprint density at radius 3 is 1.12 bits per heavy atom.